The molecule has 0 unspecified atom stereocenters. The van der Waals surface area contributed by atoms with Crippen LogP contribution in [0.15, 0.2) is 23.3 Å². The van der Waals surface area contributed by atoms with Crippen LogP contribution in [0.4, 0.5) is 0 Å². The fourth-order valence-corrected chi connectivity index (χ4v) is 2.45. The Morgan fingerprint density at radius 2 is 1.96 bits per heavy atom. The highest BCUT2D eigenvalue weighted by atomic mass is 127. The molecule has 0 atom stereocenters. The quantitative estimate of drug-likeness (QED) is 0.224. The summed E-state index contributed by atoms with van der Waals surface area (Å²) in [5.41, 5.74) is 1.14. The van der Waals surface area contributed by atoms with E-state index in [4.69, 9.17) is 9.47 Å². The average molecular weight is 474 g/mol. The third-order valence-corrected chi connectivity index (χ3v) is 4.46. The van der Waals surface area contributed by atoms with E-state index in [0.717, 1.165) is 56.1 Å². The second kappa shape index (κ2) is 11.6. The molecule has 2 fully saturated rings. The van der Waals surface area contributed by atoms with Gasteiger partial charge in [-0.1, -0.05) is 0 Å². The Morgan fingerprint density at radius 1 is 1.19 bits per heavy atom. The molecule has 2 aliphatic carbocycles. The summed E-state index contributed by atoms with van der Waals surface area (Å²) in [6.07, 6.45) is 8.05. The molecule has 3 rings (SSSR count). The fraction of sp³-hybridized carbons (Fsp3) is 0.684. The van der Waals surface area contributed by atoms with Crippen LogP contribution >= 0.6 is 24.0 Å². The average Bonchev–Trinajstić information content (AvgIpc) is 3.54. The summed E-state index contributed by atoms with van der Waals surface area (Å²) in [4.78, 5) is 8.53. The second-order valence-electron chi connectivity index (χ2n) is 6.98. The van der Waals surface area contributed by atoms with Crippen LogP contribution in [0.1, 0.15) is 37.7 Å². The van der Waals surface area contributed by atoms with Crippen molar-refractivity contribution in [2.75, 3.05) is 33.4 Å². The lowest BCUT2D eigenvalue weighted by molar-refractivity contribution is 0.123. The van der Waals surface area contributed by atoms with E-state index in [2.05, 4.69) is 20.6 Å². The highest BCUT2D eigenvalue weighted by molar-refractivity contribution is 14.0. The molecular formula is C19H31IN4O2. The van der Waals surface area contributed by atoms with Crippen LogP contribution in [0.3, 0.4) is 0 Å². The van der Waals surface area contributed by atoms with Gasteiger partial charge in [-0.2, -0.15) is 0 Å². The van der Waals surface area contributed by atoms with Crippen molar-refractivity contribution in [3.05, 3.63) is 23.9 Å². The van der Waals surface area contributed by atoms with E-state index >= 15 is 0 Å². The summed E-state index contributed by atoms with van der Waals surface area (Å²) >= 11 is 0. The van der Waals surface area contributed by atoms with Crippen LogP contribution in [-0.2, 0) is 11.3 Å². The van der Waals surface area contributed by atoms with Gasteiger partial charge in [0.2, 0.25) is 5.88 Å². The molecular weight excluding hydrogens is 443 g/mol. The Morgan fingerprint density at radius 3 is 2.69 bits per heavy atom. The molecule has 0 radical (unpaired) electrons. The predicted octanol–water partition coefficient (Wildman–Crippen LogP) is 2.97. The number of nitrogens with one attached hydrogen (secondary N) is 2. The maximum Gasteiger partial charge on any atom is 0.213 e. The maximum absolute atomic E-state index is 5.73. The van der Waals surface area contributed by atoms with Gasteiger partial charge >= 0.3 is 0 Å². The van der Waals surface area contributed by atoms with Crippen LogP contribution in [0.5, 0.6) is 5.88 Å². The standard InChI is InChI=1S/C19H30N4O2.HI/c1-20-19(22-8-2-10-24-13-15-3-4-15)23-12-17-7-9-21-18(11-17)25-14-16-5-6-16;/h7,9,11,15-16H,2-6,8,10,12-14H2,1H3,(H2,20,22,23);1H. The van der Waals surface area contributed by atoms with Gasteiger partial charge in [0, 0.05) is 45.6 Å². The molecule has 0 bridgehead atoms. The summed E-state index contributed by atoms with van der Waals surface area (Å²) in [5.74, 6) is 3.09. The molecule has 6 nitrogen and oxygen atoms in total. The lowest BCUT2D eigenvalue weighted by atomic mass is 10.2. The van der Waals surface area contributed by atoms with Crippen LogP contribution in [-0.4, -0.2) is 44.4 Å². The van der Waals surface area contributed by atoms with Gasteiger partial charge in [0.25, 0.3) is 0 Å². The lowest BCUT2D eigenvalue weighted by Gasteiger charge is -2.12. The molecule has 1 aromatic rings. The highest BCUT2D eigenvalue weighted by Crippen LogP contribution is 2.29. The van der Waals surface area contributed by atoms with Crippen LogP contribution < -0.4 is 15.4 Å². The summed E-state index contributed by atoms with van der Waals surface area (Å²) in [7, 11) is 1.79. The third kappa shape index (κ3) is 8.53. The Kier molecular flexibility index (Phi) is 9.45. The van der Waals surface area contributed by atoms with Gasteiger partial charge < -0.3 is 20.1 Å². The minimum atomic E-state index is 0. The number of aliphatic imine (C=N–C) groups is 1. The third-order valence-electron chi connectivity index (χ3n) is 4.46. The van der Waals surface area contributed by atoms with Crippen molar-refractivity contribution < 1.29 is 9.47 Å². The first-order chi connectivity index (χ1) is 12.3. The molecule has 0 aliphatic heterocycles. The molecule has 146 valence electrons. The Hall–Kier alpha value is -1.09. The SMILES string of the molecule is CN=C(NCCCOCC1CC1)NCc1ccnc(OCC2CC2)c1.I. The zero-order valence-electron chi connectivity index (χ0n) is 15.6. The lowest BCUT2D eigenvalue weighted by Crippen LogP contribution is -2.37. The van der Waals surface area contributed by atoms with Crippen LogP contribution in [0, 0.1) is 11.8 Å². The largest absolute Gasteiger partial charge is 0.477 e. The maximum atomic E-state index is 5.73. The molecule has 26 heavy (non-hydrogen) atoms. The summed E-state index contributed by atoms with van der Waals surface area (Å²) in [6.45, 7) is 4.08. The summed E-state index contributed by atoms with van der Waals surface area (Å²) in [6, 6.07) is 3.99. The van der Waals surface area contributed by atoms with E-state index in [1.54, 1.807) is 13.2 Å². The number of ether oxygens (including phenoxy) is 2. The van der Waals surface area contributed by atoms with Crippen molar-refractivity contribution in [3.63, 3.8) is 0 Å². The van der Waals surface area contributed by atoms with E-state index in [0.29, 0.717) is 12.4 Å². The number of nitrogens with zero attached hydrogens (tertiary/aromatic N) is 2. The smallest absolute Gasteiger partial charge is 0.213 e. The van der Waals surface area contributed by atoms with Gasteiger partial charge in [-0.05, 0) is 55.6 Å². The van der Waals surface area contributed by atoms with Gasteiger partial charge in [0.1, 0.15) is 0 Å². The highest BCUT2D eigenvalue weighted by Gasteiger charge is 2.22. The van der Waals surface area contributed by atoms with Crippen molar-refractivity contribution in [1.82, 2.24) is 15.6 Å². The van der Waals surface area contributed by atoms with E-state index in [-0.39, 0.29) is 24.0 Å². The van der Waals surface area contributed by atoms with Gasteiger partial charge in [-0.25, -0.2) is 4.98 Å². The topological polar surface area (TPSA) is 67.8 Å². The molecule has 2 aliphatic rings. The number of guanidine groups is 1. The fourth-order valence-electron chi connectivity index (χ4n) is 2.45. The van der Waals surface area contributed by atoms with Crippen molar-refractivity contribution in [2.24, 2.45) is 16.8 Å². The second-order valence-corrected chi connectivity index (χ2v) is 6.98. The monoisotopic (exact) mass is 474 g/mol. The van der Waals surface area contributed by atoms with Gasteiger partial charge in [-0.15, -0.1) is 24.0 Å². The molecule has 0 amide bonds. The molecule has 0 spiro atoms. The van der Waals surface area contributed by atoms with Crippen molar-refractivity contribution in [1.29, 1.82) is 0 Å². The number of pyridine rings is 1. The van der Waals surface area contributed by atoms with Crippen molar-refractivity contribution >= 4 is 29.9 Å². The molecule has 0 saturated heterocycles. The Bertz CT molecular complexity index is 562. The van der Waals surface area contributed by atoms with E-state index in [1.165, 1.54) is 25.7 Å². The van der Waals surface area contributed by atoms with E-state index < -0.39 is 0 Å². The van der Waals surface area contributed by atoms with Gasteiger partial charge in [0.15, 0.2) is 5.96 Å². The van der Waals surface area contributed by atoms with Gasteiger partial charge in [0.05, 0.1) is 6.61 Å². The summed E-state index contributed by atoms with van der Waals surface area (Å²) < 4.78 is 11.4. The molecule has 0 aromatic carbocycles. The van der Waals surface area contributed by atoms with Crippen molar-refractivity contribution in [2.45, 2.75) is 38.6 Å². The van der Waals surface area contributed by atoms with Crippen LogP contribution in [0.2, 0.25) is 0 Å². The zero-order chi connectivity index (χ0) is 17.3. The first-order valence-electron chi connectivity index (χ1n) is 9.43. The number of hydrogen-bond donors (Lipinski definition) is 2. The van der Waals surface area contributed by atoms with E-state index in [9.17, 15) is 0 Å². The summed E-state index contributed by atoms with van der Waals surface area (Å²) in [5, 5.41) is 6.64. The first-order valence-corrected chi connectivity index (χ1v) is 9.43. The van der Waals surface area contributed by atoms with E-state index in [1.807, 2.05) is 12.1 Å². The minimum absolute atomic E-state index is 0. The molecule has 2 saturated carbocycles. The molecule has 2 N–H and O–H groups in total. The Balaban J connectivity index is 0.00000243. The molecule has 1 aromatic heterocycles. The minimum Gasteiger partial charge on any atom is -0.477 e. The van der Waals surface area contributed by atoms with Crippen LogP contribution in [0.25, 0.3) is 0 Å². The van der Waals surface area contributed by atoms with Crippen molar-refractivity contribution in [3.8, 4) is 5.88 Å². The predicted molar refractivity (Wildman–Crippen MR) is 114 cm³/mol. The Labute approximate surface area is 173 Å². The number of aromatic nitrogens is 1. The molecule has 1 heterocycles. The molecule has 7 heteroatoms. The normalized spacial score (nSPS) is 16.7. The number of hydrogen-bond acceptors (Lipinski definition) is 4. The first kappa shape index (κ1) is 21.2. The number of rotatable bonds is 11. The zero-order valence-corrected chi connectivity index (χ0v) is 17.9. The number of halogens is 1. The van der Waals surface area contributed by atoms with Gasteiger partial charge in [-0.3, -0.25) is 4.99 Å².